The van der Waals surface area contributed by atoms with E-state index in [2.05, 4.69) is 25.9 Å². The smallest absolute Gasteiger partial charge is 0.237 e. The highest BCUT2D eigenvalue weighted by Gasteiger charge is 2.09. The van der Waals surface area contributed by atoms with Crippen LogP contribution in [0.1, 0.15) is 5.56 Å². The first-order valence-corrected chi connectivity index (χ1v) is 6.42. The maximum Gasteiger partial charge on any atom is 0.237 e. The summed E-state index contributed by atoms with van der Waals surface area (Å²) in [6.45, 7) is 0.0616. The number of aromatic nitrogens is 2. The van der Waals surface area contributed by atoms with Gasteiger partial charge in [-0.1, -0.05) is 18.2 Å². The fraction of sp³-hybridized carbons (Fsp3) is 0.167. The van der Waals surface area contributed by atoms with E-state index in [1.807, 2.05) is 24.3 Å². The lowest BCUT2D eigenvalue weighted by atomic mass is 10.1. The fourth-order valence-electron chi connectivity index (χ4n) is 1.44. The van der Waals surface area contributed by atoms with Gasteiger partial charge in [-0.2, -0.15) is 4.98 Å². The molecule has 0 fully saturated rings. The molecule has 94 valence electrons. The SMILES string of the molecule is OCCc1ccccc1Oc1nc(Cl)ncc1Br. The third-order valence-corrected chi connectivity index (χ3v) is 2.97. The molecule has 2 rings (SSSR count). The Kier molecular flexibility index (Phi) is 4.52. The quantitative estimate of drug-likeness (QED) is 0.875. The number of aliphatic hydroxyl groups excluding tert-OH is 1. The standard InChI is InChI=1S/C12H10BrClN2O2/c13-9-7-15-12(14)16-11(9)18-10-4-2-1-3-8(10)5-6-17/h1-4,7,17H,5-6H2. The Morgan fingerprint density at radius 3 is 2.89 bits per heavy atom. The molecule has 0 spiro atoms. The molecule has 0 radical (unpaired) electrons. The number of aliphatic hydroxyl groups is 1. The summed E-state index contributed by atoms with van der Waals surface area (Å²) in [5, 5.41) is 9.12. The molecule has 4 nitrogen and oxygen atoms in total. The van der Waals surface area contributed by atoms with E-state index >= 15 is 0 Å². The molecule has 0 bridgehead atoms. The normalized spacial score (nSPS) is 10.4. The average molecular weight is 330 g/mol. The summed E-state index contributed by atoms with van der Waals surface area (Å²) < 4.78 is 6.30. The van der Waals surface area contributed by atoms with Gasteiger partial charge in [-0.3, -0.25) is 0 Å². The van der Waals surface area contributed by atoms with E-state index in [1.54, 1.807) is 0 Å². The van der Waals surface area contributed by atoms with Gasteiger partial charge in [-0.25, -0.2) is 4.98 Å². The van der Waals surface area contributed by atoms with Gasteiger partial charge in [0.25, 0.3) is 0 Å². The van der Waals surface area contributed by atoms with Gasteiger partial charge >= 0.3 is 0 Å². The molecule has 1 aromatic carbocycles. The van der Waals surface area contributed by atoms with Gasteiger partial charge in [0.15, 0.2) is 0 Å². The predicted octanol–water partition coefficient (Wildman–Crippen LogP) is 3.22. The Morgan fingerprint density at radius 2 is 2.11 bits per heavy atom. The number of hydrogen-bond acceptors (Lipinski definition) is 4. The second kappa shape index (κ2) is 6.13. The van der Waals surface area contributed by atoms with E-state index in [9.17, 15) is 0 Å². The van der Waals surface area contributed by atoms with Gasteiger partial charge in [-0.15, -0.1) is 0 Å². The second-order valence-electron chi connectivity index (χ2n) is 3.48. The van der Waals surface area contributed by atoms with E-state index in [0.717, 1.165) is 5.56 Å². The van der Waals surface area contributed by atoms with Crippen molar-refractivity contribution in [3.8, 4) is 11.6 Å². The zero-order chi connectivity index (χ0) is 13.0. The molecule has 0 unspecified atom stereocenters. The minimum atomic E-state index is 0.0616. The minimum absolute atomic E-state index is 0.0616. The van der Waals surface area contributed by atoms with Crippen LogP contribution in [-0.4, -0.2) is 21.7 Å². The Balaban J connectivity index is 2.30. The van der Waals surface area contributed by atoms with Crippen LogP contribution < -0.4 is 4.74 Å². The highest BCUT2D eigenvalue weighted by molar-refractivity contribution is 9.10. The fourth-order valence-corrected chi connectivity index (χ4v) is 1.83. The van der Waals surface area contributed by atoms with Crippen LogP contribution in [-0.2, 0) is 6.42 Å². The summed E-state index contributed by atoms with van der Waals surface area (Å²) in [4.78, 5) is 7.82. The molecule has 0 amide bonds. The van der Waals surface area contributed by atoms with Crippen molar-refractivity contribution < 1.29 is 9.84 Å². The van der Waals surface area contributed by atoms with Gasteiger partial charge in [-0.05, 0) is 45.6 Å². The Hall–Kier alpha value is -1.17. The highest BCUT2D eigenvalue weighted by Crippen LogP contribution is 2.30. The van der Waals surface area contributed by atoms with Crippen molar-refractivity contribution in [2.45, 2.75) is 6.42 Å². The van der Waals surface area contributed by atoms with Crippen LogP contribution in [0.2, 0.25) is 5.28 Å². The summed E-state index contributed by atoms with van der Waals surface area (Å²) in [6.07, 6.45) is 2.05. The van der Waals surface area contributed by atoms with Crippen LogP contribution in [0, 0.1) is 0 Å². The number of hydrogen-bond donors (Lipinski definition) is 1. The second-order valence-corrected chi connectivity index (χ2v) is 4.67. The van der Waals surface area contributed by atoms with E-state index in [4.69, 9.17) is 21.4 Å². The van der Waals surface area contributed by atoms with Crippen molar-refractivity contribution in [1.29, 1.82) is 0 Å². The van der Waals surface area contributed by atoms with E-state index in [1.165, 1.54) is 6.20 Å². The molecule has 0 saturated heterocycles. The summed E-state index contributed by atoms with van der Waals surface area (Å²) in [6, 6.07) is 7.45. The van der Waals surface area contributed by atoms with Crippen molar-refractivity contribution >= 4 is 27.5 Å². The van der Waals surface area contributed by atoms with Gasteiger partial charge in [0.2, 0.25) is 11.2 Å². The number of nitrogens with zero attached hydrogens (tertiary/aromatic N) is 2. The van der Waals surface area contributed by atoms with E-state index in [-0.39, 0.29) is 11.9 Å². The Bertz CT molecular complexity index is 551. The molecule has 0 atom stereocenters. The van der Waals surface area contributed by atoms with Crippen molar-refractivity contribution in [3.05, 3.63) is 45.8 Å². The number of para-hydroxylation sites is 1. The molecule has 0 saturated carbocycles. The van der Waals surface area contributed by atoms with Crippen LogP contribution in [0.4, 0.5) is 0 Å². The van der Waals surface area contributed by atoms with Gasteiger partial charge < -0.3 is 9.84 Å². The maximum atomic E-state index is 9.00. The lowest BCUT2D eigenvalue weighted by Gasteiger charge is -2.10. The van der Waals surface area contributed by atoms with Crippen molar-refractivity contribution in [3.63, 3.8) is 0 Å². The molecule has 0 aliphatic carbocycles. The topological polar surface area (TPSA) is 55.2 Å². The third kappa shape index (κ3) is 3.19. The molecule has 0 aliphatic heterocycles. The molecule has 1 heterocycles. The first-order chi connectivity index (χ1) is 8.70. The average Bonchev–Trinajstić information content (AvgIpc) is 2.36. The first-order valence-electron chi connectivity index (χ1n) is 5.25. The number of halogens is 2. The maximum absolute atomic E-state index is 9.00. The molecular weight excluding hydrogens is 320 g/mol. The monoisotopic (exact) mass is 328 g/mol. The zero-order valence-electron chi connectivity index (χ0n) is 9.31. The molecule has 2 aromatic rings. The van der Waals surface area contributed by atoms with Crippen molar-refractivity contribution in [1.82, 2.24) is 9.97 Å². The van der Waals surface area contributed by atoms with Gasteiger partial charge in [0, 0.05) is 12.8 Å². The predicted molar refractivity (Wildman–Crippen MR) is 72.0 cm³/mol. The summed E-state index contributed by atoms with van der Waals surface area (Å²) in [7, 11) is 0. The van der Waals surface area contributed by atoms with E-state index in [0.29, 0.717) is 22.5 Å². The van der Waals surface area contributed by atoms with Gasteiger partial charge in [0.05, 0.1) is 4.47 Å². The molecule has 6 heteroatoms. The number of benzene rings is 1. The summed E-state index contributed by atoms with van der Waals surface area (Å²) in [5.74, 6) is 0.988. The molecule has 1 N–H and O–H groups in total. The molecule has 18 heavy (non-hydrogen) atoms. The third-order valence-electron chi connectivity index (χ3n) is 2.24. The van der Waals surface area contributed by atoms with Crippen LogP contribution >= 0.6 is 27.5 Å². The Labute approximate surface area is 118 Å². The summed E-state index contributed by atoms with van der Waals surface area (Å²) in [5.41, 5.74) is 0.904. The molecule has 0 aliphatic rings. The largest absolute Gasteiger partial charge is 0.437 e. The highest BCUT2D eigenvalue weighted by atomic mass is 79.9. The van der Waals surface area contributed by atoms with Crippen molar-refractivity contribution in [2.24, 2.45) is 0 Å². The van der Waals surface area contributed by atoms with Crippen LogP contribution in [0.25, 0.3) is 0 Å². The van der Waals surface area contributed by atoms with Crippen molar-refractivity contribution in [2.75, 3.05) is 6.61 Å². The van der Waals surface area contributed by atoms with Crippen LogP contribution in [0.15, 0.2) is 34.9 Å². The Morgan fingerprint density at radius 1 is 1.33 bits per heavy atom. The number of ether oxygens (including phenoxy) is 1. The molecule has 1 aromatic heterocycles. The summed E-state index contributed by atoms with van der Waals surface area (Å²) >= 11 is 9.01. The lowest BCUT2D eigenvalue weighted by molar-refractivity contribution is 0.297. The zero-order valence-corrected chi connectivity index (χ0v) is 11.6. The lowest BCUT2D eigenvalue weighted by Crippen LogP contribution is -1.97. The van der Waals surface area contributed by atoms with E-state index < -0.39 is 0 Å². The van der Waals surface area contributed by atoms with Crippen LogP contribution in [0.5, 0.6) is 11.6 Å². The minimum Gasteiger partial charge on any atom is -0.437 e. The number of rotatable bonds is 4. The van der Waals surface area contributed by atoms with Gasteiger partial charge in [0.1, 0.15) is 5.75 Å². The first kappa shape index (κ1) is 13.3. The molecular formula is C12H10BrClN2O2. The van der Waals surface area contributed by atoms with Crippen LogP contribution in [0.3, 0.4) is 0 Å².